The number of hydrogen-bond acceptors (Lipinski definition) is 5. The highest BCUT2D eigenvalue weighted by Gasteiger charge is 2.36. The first-order valence-electron chi connectivity index (χ1n) is 6.79. The minimum absolute atomic E-state index is 0.118. The number of nitrogens with zero attached hydrogens (tertiary/aromatic N) is 3. The molecule has 0 unspecified atom stereocenters. The standard InChI is InChI=1S/C14H16N4O2S2/c1-9-6-15-14(22-9)16-12(19)11-7-21-8-18(11)13(20)10-4-3-5-17(10)2/h3-6,11H,7-8H2,1-2H3,(H,15,16,19)/t11-/m0/s1. The van der Waals surface area contributed by atoms with Gasteiger partial charge in [-0.2, -0.15) is 0 Å². The molecular formula is C14H16N4O2S2. The summed E-state index contributed by atoms with van der Waals surface area (Å²) in [5, 5.41) is 3.38. The van der Waals surface area contributed by atoms with Crippen molar-refractivity contribution in [2.24, 2.45) is 7.05 Å². The Morgan fingerprint density at radius 3 is 2.91 bits per heavy atom. The number of amides is 2. The number of thiazole rings is 1. The van der Waals surface area contributed by atoms with Crippen molar-refractivity contribution < 1.29 is 9.59 Å². The molecule has 1 fully saturated rings. The van der Waals surface area contributed by atoms with Gasteiger partial charge in [0.05, 0.1) is 5.88 Å². The molecule has 3 heterocycles. The summed E-state index contributed by atoms with van der Waals surface area (Å²) >= 11 is 3.01. The summed E-state index contributed by atoms with van der Waals surface area (Å²) < 4.78 is 1.77. The monoisotopic (exact) mass is 336 g/mol. The lowest BCUT2D eigenvalue weighted by molar-refractivity contribution is -0.119. The molecule has 1 atom stereocenters. The maximum Gasteiger partial charge on any atom is 0.271 e. The van der Waals surface area contributed by atoms with E-state index in [0.29, 0.717) is 22.5 Å². The van der Waals surface area contributed by atoms with Crippen LogP contribution in [0.1, 0.15) is 15.4 Å². The first-order chi connectivity index (χ1) is 10.6. The first-order valence-corrected chi connectivity index (χ1v) is 8.76. The van der Waals surface area contributed by atoms with E-state index in [1.807, 2.05) is 26.2 Å². The van der Waals surface area contributed by atoms with Crippen LogP contribution in [-0.2, 0) is 11.8 Å². The first kappa shape index (κ1) is 15.1. The number of nitrogens with one attached hydrogen (secondary N) is 1. The number of carbonyl (C=O) groups is 2. The van der Waals surface area contributed by atoms with E-state index in [1.165, 1.54) is 11.3 Å². The van der Waals surface area contributed by atoms with Gasteiger partial charge >= 0.3 is 0 Å². The number of anilines is 1. The zero-order chi connectivity index (χ0) is 15.7. The molecule has 1 N–H and O–H groups in total. The molecule has 1 aliphatic heterocycles. The van der Waals surface area contributed by atoms with Gasteiger partial charge in [0.25, 0.3) is 5.91 Å². The highest BCUT2D eigenvalue weighted by Crippen LogP contribution is 2.25. The molecule has 0 aromatic carbocycles. The largest absolute Gasteiger partial charge is 0.347 e. The fourth-order valence-corrected chi connectivity index (χ4v) is 4.11. The van der Waals surface area contributed by atoms with Crippen molar-refractivity contribution in [1.29, 1.82) is 0 Å². The molecule has 2 aromatic rings. The normalized spacial score (nSPS) is 17.7. The van der Waals surface area contributed by atoms with Crippen LogP contribution in [0.3, 0.4) is 0 Å². The Morgan fingerprint density at radius 2 is 2.27 bits per heavy atom. The average Bonchev–Trinajstić information content (AvgIpc) is 3.19. The number of carbonyl (C=O) groups excluding carboxylic acids is 2. The summed E-state index contributed by atoms with van der Waals surface area (Å²) in [7, 11) is 1.82. The van der Waals surface area contributed by atoms with Crippen LogP contribution in [0.25, 0.3) is 0 Å². The Morgan fingerprint density at radius 1 is 1.45 bits per heavy atom. The summed E-state index contributed by atoms with van der Waals surface area (Å²) in [5.74, 6) is 0.834. The fraction of sp³-hybridized carbons (Fsp3) is 0.357. The van der Waals surface area contributed by atoms with Gasteiger partial charge in [0.2, 0.25) is 5.91 Å². The molecule has 3 rings (SSSR count). The molecule has 0 bridgehead atoms. The van der Waals surface area contributed by atoms with E-state index in [9.17, 15) is 9.59 Å². The molecule has 0 aliphatic carbocycles. The summed E-state index contributed by atoms with van der Waals surface area (Å²) in [5.41, 5.74) is 0.588. The third-order valence-corrected chi connectivity index (χ3v) is 5.30. The molecule has 2 aromatic heterocycles. The molecule has 0 saturated carbocycles. The molecule has 8 heteroatoms. The van der Waals surface area contributed by atoms with Crippen molar-refractivity contribution in [3.8, 4) is 0 Å². The number of hydrogen-bond donors (Lipinski definition) is 1. The lowest BCUT2D eigenvalue weighted by Gasteiger charge is -2.22. The molecule has 22 heavy (non-hydrogen) atoms. The van der Waals surface area contributed by atoms with Crippen molar-refractivity contribution in [2.75, 3.05) is 16.9 Å². The van der Waals surface area contributed by atoms with Crippen LogP contribution in [0.2, 0.25) is 0 Å². The lowest BCUT2D eigenvalue weighted by atomic mass is 10.2. The number of aryl methyl sites for hydroxylation is 2. The van der Waals surface area contributed by atoms with Crippen LogP contribution in [0.5, 0.6) is 0 Å². The molecule has 0 spiro atoms. The van der Waals surface area contributed by atoms with E-state index in [0.717, 1.165) is 4.88 Å². The molecule has 6 nitrogen and oxygen atoms in total. The van der Waals surface area contributed by atoms with Gasteiger partial charge in [-0.05, 0) is 19.1 Å². The zero-order valence-electron chi connectivity index (χ0n) is 12.3. The lowest BCUT2D eigenvalue weighted by Crippen LogP contribution is -2.45. The molecular weight excluding hydrogens is 320 g/mol. The van der Waals surface area contributed by atoms with E-state index in [4.69, 9.17) is 0 Å². The van der Waals surface area contributed by atoms with E-state index < -0.39 is 6.04 Å². The Balaban J connectivity index is 1.74. The Bertz CT molecular complexity index is 709. The van der Waals surface area contributed by atoms with Crippen LogP contribution in [-0.4, -0.2) is 43.9 Å². The number of rotatable bonds is 3. The van der Waals surface area contributed by atoms with Gasteiger partial charge < -0.3 is 14.8 Å². The fourth-order valence-electron chi connectivity index (χ4n) is 2.29. The number of aromatic nitrogens is 2. The van der Waals surface area contributed by atoms with Gasteiger partial charge in [-0.3, -0.25) is 9.59 Å². The summed E-state index contributed by atoms with van der Waals surface area (Å²) in [6.07, 6.45) is 3.54. The number of thioether (sulfide) groups is 1. The van der Waals surface area contributed by atoms with Crippen molar-refractivity contribution in [3.05, 3.63) is 35.1 Å². The Labute approximate surface area is 136 Å². The van der Waals surface area contributed by atoms with Crippen LogP contribution in [0, 0.1) is 6.92 Å². The maximum absolute atomic E-state index is 12.6. The third kappa shape index (κ3) is 2.89. The minimum Gasteiger partial charge on any atom is -0.347 e. The summed E-state index contributed by atoms with van der Waals surface area (Å²) in [6.45, 7) is 1.93. The van der Waals surface area contributed by atoms with Gasteiger partial charge in [0.15, 0.2) is 5.13 Å². The predicted octanol–water partition coefficient (Wildman–Crippen LogP) is 1.94. The second kappa shape index (κ2) is 6.13. The van der Waals surface area contributed by atoms with Gasteiger partial charge in [-0.15, -0.1) is 23.1 Å². The Kier molecular flexibility index (Phi) is 4.21. The van der Waals surface area contributed by atoms with E-state index >= 15 is 0 Å². The predicted molar refractivity (Wildman–Crippen MR) is 88.2 cm³/mol. The van der Waals surface area contributed by atoms with E-state index in [2.05, 4.69) is 10.3 Å². The summed E-state index contributed by atoms with van der Waals surface area (Å²) in [4.78, 5) is 31.8. The van der Waals surface area contributed by atoms with Crippen LogP contribution in [0.4, 0.5) is 5.13 Å². The zero-order valence-corrected chi connectivity index (χ0v) is 13.9. The second-order valence-electron chi connectivity index (χ2n) is 5.06. The molecule has 2 amide bonds. The van der Waals surface area contributed by atoms with Crippen molar-refractivity contribution >= 4 is 40.0 Å². The molecule has 1 aliphatic rings. The highest BCUT2D eigenvalue weighted by molar-refractivity contribution is 7.99. The summed E-state index contributed by atoms with van der Waals surface area (Å²) in [6, 6.07) is 3.13. The van der Waals surface area contributed by atoms with Crippen LogP contribution < -0.4 is 5.32 Å². The van der Waals surface area contributed by atoms with Crippen LogP contribution in [0.15, 0.2) is 24.5 Å². The van der Waals surface area contributed by atoms with Crippen LogP contribution >= 0.6 is 23.1 Å². The maximum atomic E-state index is 12.6. The van der Waals surface area contributed by atoms with Crippen molar-refractivity contribution in [1.82, 2.24) is 14.5 Å². The van der Waals surface area contributed by atoms with E-state index in [-0.39, 0.29) is 11.8 Å². The van der Waals surface area contributed by atoms with Gasteiger partial charge in [0.1, 0.15) is 11.7 Å². The van der Waals surface area contributed by atoms with Crippen molar-refractivity contribution in [2.45, 2.75) is 13.0 Å². The molecule has 0 radical (unpaired) electrons. The quantitative estimate of drug-likeness (QED) is 0.930. The average molecular weight is 336 g/mol. The SMILES string of the molecule is Cc1cnc(NC(=O)[C@@H]2CSCN2C(=O)c2cccn2C)s1. The molecule has 1 saturated heterocycles. The van der Waals surface area contributed by atoms with E-state index in [1.54, 1.807) is 33.5 Å². The molecule has 116 valence electrons. The second-order valence-corrected chi connectivity index (χ2v) is 7.29. The Hall–Kier alpha value is -1.80. The van der Waals surface area contributed by atoms with Gasteiger partial charge in [-0.25, -0.2) is 4.98 Å². The van der Waals surface area contributed by atoms with Gasteiger partial charge in [-0.1, -0.05) is 0 Å². The smallest absolute Gasteiger partial charge is 0.271 e. The third-order valence-electron chi connectivity index (χ3n) is 3.46. The highest BCUT2D eigenvalue weighted by atomic mass is 32.2. The van der Waals surface area contributed by atoms with Crippen molar-refractivity contribution in [3.63, 3.8) is 0 Å². The topological polar surface area (TPSA) is 67.2 Å². The van der Waals surface area contributed by atoms with Gasteiger partial charge in [0, 0.05) is 30.1 Å². The minimum atomic E-state index is -0.461.